The van der Waals surface area contributed by atoms with Crippen molar-refractivity contribution in [1.29, 1.82) is 0 Å². The zero-order valence-corrected chi connectivity index (χ0v) is 55.4. The number of nitrogens with zero attached hydrogens (tertiary/aromatic N) is 2. The minimum Gasteiger partial charge on any atom is -0.508 e. The van der Waals surface area contributed by atoms with Crippen LogP contribution < -0.4 is 26.3 Å². The molecule has 0 fully saturated rings. The zero-order chi connectivity index (χ0) is 81.7. The van der Waals surface area contributed by atoms with E-state index in [-0.39, 0.29) is 158 Å². The summed E-state index contributed by atoms with van der Waals surface area (Å²) in [6.07, 6.45) is 0. The normalized spacial score (nSPS) is 12.6. The number of aromatic hydroxyl groups is 2. The smallest absolute Gasteiger partial charge is 0.488 e. The Morgan fingerprint density at radius 1 is 0.355 bits per heavy atom. The first-order valence-corrected chi connectivity index (χ1v) is 30.6. The Balaban J connectivity index is 0.000000250. The maximum absolute atomic E-state index is 9.50. The summed E-state index contributed by atoms with van der Waals surface area (Å²) in [6, 6.07) is 66.2. The van der Waals surface area contributed by atoms with Gasteiger partial charge in [-0.25, -0.2) is 0 Å². The molecule has 7 N–H and O–H groups in total. The molecule has 0 aromatic heterocycles. The Morgan fingerprint density at radius 3 is 1.05 bits per heavy atom. The Labute approximate surface area is 617 Å². The van der Waals surface area contributed by atoms with Crippen LogP contribution >= 0.6 is 70.4 Å². The molecule has 0 saturated heterocycles. The summed E-state index contributed by atoms with van der Waals surface area (Å²) in [4.78, 5) is 3.34. The molecule has 8 nitrogen and oxygen atoms in total. The van der Waals surface area contributed by atoms with Crippen LogP contribution in [0.4, 0.5) is 51.2 Å². The van der Waals surface area contributed by atoms with Crippen molar-refractivity contribution in [2.45, 2.75) is 7.43 Å². The summed E-state index contributed by atoms with van der Waals surface area (Å²) in [7, 11) is -1.46. The van der Waals surface area contributed by atoms with Crippen molar-refractivity contribution >= 4 is 143 Å². The van der Waals surface area contributed by atoms with Gasteiger partial charge in [0.2, 0.25) is 0 Å². The van der Waals surface area contributed by atoms with Crippen molar-refractivity contribution < 1.29 is 47.7 Å². The number of hydrogen-bond donors (Lipinski definition) is 6. The van der Waals surface area contributed by atoms with Gasteiger partial charge in [0.15, 0.2) is 0 Å². The van der Waals surface area contributed by atoms with Gasteiger partial charge in [-0.2, -0.15) is 0 Å². The van der Waals surface area contributed by atoms with Gasteiger partial charge in [0.05, 0.1) is 27.4 Å². The second kappa shape index (κ2) is 42.1. The number of nitrogen functional groups attached to an aromatic ring is 1. The van der Waals surface area contributed by atoms with Crippen LogP contribution in [0, 0.1) is 3.57 Å². The molecule has 13 aromatic rings. The number of halogens is 4. The third-order valence-electron chi connectivity index (χ3n) is 11.7. The third-order valence-corrected chi connectivity index (χ3v) is 13.8. The highest BCUT2D eigenvalue weighted by molar-refractivity contribution is 14.1. The summed E-state index contributed by atoms with van der Waals surface area (Å²) in [5.41, 5.74) is 12.1. The topological polar surface area (TPSA) is 125 Å². The standard InChI is InChI=1S/C24H19NO.C18H14BrN.C12H11N.C6H7BO3.C6H4BrI.C6H5Br.C6H7N.CH4.B/c26-24-17-13-20(14-18-24)19-11-15-23(16-12-19)25(21-7-3-1-4-8-21)22-9-5-2-6-10-22;19-15-11-13-18(14-12-15)20(16-7-3-1-4-8-16)17-9-5-2-6-10-17;1-3-7-11(8-4-1)13-12-9-5-2-6-10-12;8-6-3-1-5(2-4-6)7(9)10;7-5-1-3-6(8)4-2-5;2*7-6-4-2-1-3-5-6;;/h1-18,26H;1-14H;1-10,13H;1-4,8-10H;1-4H;1-5H;1-5H,7H2;1H4;/i3*1D,3D,4D,7D,8D;;;1D,2D,3D,4D,5D;;;. The monoisotopic (exact) mass is 1550 g/mol. The van der Waals surface area contributed by atoms with E-state index in [1.165, 1.54) is 27.8 Å². The molecule has 0 atom stereocenters. The summed E-state index contributed by atoms with van der Waals surface area (Å²) < 4.78 is 159. The van der Waals surface area contributed by atoms with Gasteiger partial charge in [-0.3, -0.25) is 0 Å². The van der Waals surface area contributed by atoms with Crippen LogP contribution in [-0.4, -0.2) is 35.8 Å². The van der Waals surface area contributed by atoms with Crippen LogP contribution in [0.1, 0.15) is 34.8 Å². The van der Waals surface area contributed by atoms with E-state index >= 15 is 0 Å². The molecule has 0 aliphatic rings. The Morgan fingerprint density at radius 2 is 0.677 bits per heavy atom. The lowest BCUT2D eigenvalue weighted by molar-refractivity contribution is 0.425. The molecule has 0 amide bonds. The molecule has 0 heterocycles. The fourth-order valence-corrected chi connectivity index (χ4v) is 8.55. The number of benzene rings is 13. The molecule has 465 valence electrons. The van der Waals surface area contributed by atoms with Gasteiger partial charge in [0.25, 0.3) is 0 Å². The van der Waals surface area contributed by atoms with Gasteiger partial charge in [0, 0.05) is 76.6 Å². The summed E-state index contributed by atoms with van der Waals surface area (Å²) in [5.74, 6) is 0.307. The van der Waals surface area contributed by atoms with E-state index in [1.54, 1.807) is 46.2 Å². The van der Waals surface area contributed by atoms with Crippen LogP contribution in [0.3, 0.4) is 0 Å². The third kappa shape index (κ3) is 27.3. The first-order chi connectivity index (χ1) is 52.7. The Bertz CT molecular complexity index is 5070. The van der Waals surface area contributed by atoms with Gasteiger partial charge in [0.1, 0.15) is 11.5 Å². The highest BCUT2D eigenvalue weighted by Crippen LogP contribution is 2.37. The molecule has 0 bridgehead atoms. The fourth-order valence-electron chi connectivity index (χ4n) is 7.47. The number of nitrogens with two attached hydrogens (primary N) is 1. The van der Waals surface area contributed by atoms with Crippen molar-refractivity contribution in [2.75, 3.05) is 20.9 Å². The second-order valence-electron chi connectivity index (χ2n) is 18.1. The van der Waals surface area contributed by atoms with E-state index in [2.05, 4.69) is 87.8 Å². The number of phenols is 2. The van der Waals surface area contributed by atoms with Crippen molar-refractivity contribution in [2.24, 2.45) is 0 Å². The van der Waals surface area contributed by atoms with Crippen LogP contribution in [0.15, 0.2) is 377 Å². The number of phenolic OH excluding ortho intramolecular Hbond substituents is 2. The van der Waals surface area contributed by atoms with Crippen molar-refractivity contribution in [1.82, 2.24) is 0 Å². The maximum Gasteiger partial charge on any atom is 0.488 e. The molecule has 13 aromatic carbocycles. The van der Waals surface area contributed by atoms with Crippen LogP contribution in [0.25, 0.3) is 11.1 Å². The average Bonchev–Trinajstić information content (AvgIpc) is 0.769. The molecule has 0 aliphatic heterocycles. The van der Waals surface area contributed by atoms with Crippen molar-refractivity contribution in [3.05, 3.63) is 380 Å². The maximum atomic E-state index is 9.50. The minimum atomic E-state index is -1.46. The number of hydrogen-bond acceptors (Lipinski definition) is 8. The Hall–Kier alpha value is -9.12. The van der Waals surface area contributed by atoms with Gasteiger partial charge >= 0.3 is 7.12 Å². The Kier molecular flexibility index (Phi) is 22.4. The summed E-state index contributed by atoms with van der Waals surface area (Å²) in [6.45, 7) is 0. The number of para-hydroxylation sites is 7. The van der Waals surface area contributed by atoms with E-state index in [0.29, 0.717) is 33.9 Å². The van der Waals surface area contributed by atoms with Gasteiger partial charge in [-0.1, -0.05) is 237 Å². The van der Waals surface area contributed by atoms with Crippen LogP contribution in [-0.2, 0) is 0 Å². The van der Waals surface area contributed by atoms with Crippen LogP contribution in [0.2, 0.25) is 0 Å². The van der Waals surface area contributed by atoms with Gasteiger partial charge < -0.3 is 41.1 Å². The van der Waals surface area contributed by atoms with Crippen molar-refractivity contribution in [3.63, 3.8) is 0 Å². The van der Waals surface area contributed by atoms with E-state index in [9.17, 15) is 5.11 Å². The first-order valence-electron chi connectivity index (χ1n) is 37.1. The lowest BCUT2D eigenvalue weighted by atomic mass is 9.80. The highest BCUT2D eigenvalue weighted by atomic mass is 127. The van der Waals surface area contributed by atoms with E-state index < -0.39 is 19.2 Å². The minimum absolute atomic E-state index is 0. The summed E-state index contributed by atoms with van der Waals surface area (Å²) >= 11 is 11.9. The molecule has 93 heavy (non-hydrogen) atoms. The first kappa shape index (κ1) is 49.5. The lowest BCUT2D eigenvalue weighted by Gasteiger charge is -2.25. The van der Waals surface area contributed by atoms with Gasteiger partial charge in [-0.15, -0.1) is 0 Å². The molecule has 3 radical (unpaired) electrons. The average molecular weight is 1550 g/mol. The number of anilines is 9. The van der Waals surface area contributed by atoms with E-state index in [1.807, 2.05) is 170 Å². The van der Waals surface area contributed by atoms with Gasteiger partial charge in [-0.05, 0) is 221 Å². The molecular formula is C79H71B2Br3IN4O4. The zero-order valence-electron chi connectivity index (χ0n) is 68.5. The fraction of sp³-hybridized carbons (Fsp3) is 0.0127. The van der Waals surface area contributed by atoms with E-state index in [0.717, 1.165) is 25.8 Å². The molecule has 0 aliphatic carbocycles. The van der Waals surface area contributed by atoms with Crippen LogP contribution in [0.5, 0.6) is 11.5 Å². The molecule has 0 unspecified atom stereocenters. The largest absolute Gasteiger partial charge is 0.508 e. The highest BCUT2D eigenvalue weighted by Gasteiger charge is 2.13. The van der Waals surface area contributed by atoms with E-state index in [4.69, 9.17) is 48.3 Å². The molecule has 13 rings (SSSR count). The van der Waals surface area contributed by atoms with Crippen molar-refractivity contribution in [3.8, 4) is 22.6 Å². The molecule has 0 saturated carbocycles. The molecule has 14 heteroatoms. The predicted molar refractivity (Wildman–Crippen MR) is 415 cm³/mol. The molecular weight excluding hydrogens is 1460 g/mol. The SMILES string of the molecule is Brc1ccc(I)cc1.C.Nc1ccccc1.OB(O)c1ccc(O)cc1.[2H]c1c([2H])c([2H])c(Br)c([2H])c1[2H].[2H]c1c([2H])c([2H])c(N(c2ccccc2)c2ccc(-c3ccc(O)cc3)cc2)c([2H])c1[2H].[2H]c1c([2H])c([2H])c(N(c2ccccc2)c2ccc(Br)cc2)c([2H])c1[2H].[2H]c1c([2H])c([2H])c(Nc2ccccc2)c([2H])c1[2H].[B]. The second-order valence-corrected chi connectivity index (χ2v) is 22.0. The predicted octanol–water partition coefficient (Wildman–Crippen LogP) is 22.0. The summed E-state index contributed by atoms with van der Waals surface area (Å²) in [5, 5.41) is 38.3. The number of rotatable bonds is 10. The molecule has 0 spiro atoms. The number of nitrogens with one attached hydrogen (secondary N) is 1. The quantitative estimate of drug-likeness (QED) is 0.0454. The lowest BCUT2D eigenvalue weighted by Crippen LogP contribution is -2.29.